The molecule has 2 aromatic rings. The number of hydrogen-bond acceptors (Lipinski definition) is 8. The molecule has 1 amide bonds. The van der Waals surface area contributed by atoms with E-state index >= 15 is 0 Å². The van der Waals surface area contributed by atoms with Crippen molar-refractivity contribution in [2.24, 2.45) is 0 Å². The SMILES string of the molecule is CCOC(=O)c1csc(NC(=O)c2ccc(OC)c(S(=O)(=O)N(C)C)c2)n1. The molecule has 27 heavy (non-hydrogen) atoms. The van der Waals surface area contributed by atoms with Gasteiger partial charge in [-0.05, 0) is 25.1 Å². The summed E-state index contributed by atoms with van der Waals surface area (Å²) in [6.45, 7) is 1.89. The van der Waals surface area contributed by atoms with E-state index < -0.39 is 21.9 Å². The molecule has 0 aliphatic heterocycles. The van der Waals surface area contributed by atoms with Crippen molar-refractivity contribution in [3.05, 3.63) is 34.8 Å². The van der Waals surface area contributed by atoms with Crippen LogP contribution < -0.4 is 10.1 Å². The van der Waals surface area contributed by atoms with Crippen molar-refractivity contribution in [3.8, 4) is 5.75 Å². The molecular weight excluding hydrogens is 394 g/mol. The average Bonchev–Trinajstić information content (AvgIpc) is 3.09. The molecule has 1 aromatic carbocycles. The zero-order valence-electron chi connectivity index (χ0n) is 15.2. The highest BCUT2D eigenvalue weighted by molar-refractivity contribution is 7.89. The Balaban J connectivity index is 2.28. The largest absolute Gasteiger partial charge is 0.495 e. The first-order valence-electron chi connectivity index (χ1n) is 7.75. The van der Waals surface area contributed by atoms with E-state index in [9.17, 15) is 18.0 Å². The Labute approximate surface area is 161 Å². The number of benzene rings is 1. The molecule has 0 bridgehead atoms. The van der Waals surface area contributed by atoms with Gasteiger partial charge >= 0.3 is 5.97 Å². The third-order valence-electron chi connectivity index (χ3n) is 3.39. The van der Waals surface area contributed by atoms with Crippen molar-refractivity contribution in [2.75, 3.05) is 33.1 Å². The van der Waals surface area contributed by atoms with Crippen LogP contribution in [0.4, 0.5) is 5.13 Å². The van der Waals surface area contributed by atoms with E-state index in [0.29, 0.717) is 0 Å². The highest BCUT2D eigenvalue weighted by atomic mass is 32.2. The summed E-state index contributed by atoms with van der Waals surface area (Å²) in [4.78, 5) is 27.9. The van der Waals surface area contributed by atoms with Crippen LogP contribution in [0.2, 0.25) is 0 Å². The quantitative estimate of drug-likeness (QED) is 0.689. The zero-order valence-corrected chi connectivity index (χ0v) is 16.8. The minimum absolute atomic E-state index is 0.0859. The number of esters is 1. The van der Waals surface area contributed by atoms with Gasteiger partial charge in [0, 0.05) is 25.0 Å². The minimum Gasteiger partial charge on any atom is -0.495 e. The lowest BCUT2D eigenvalue weighted by molar-refractivity contribution is 0.0520. The molecule has 0 aliphatic rings. The van der Waals surface area contributed by atoms with E-state index in [4.69, 9.17) is 9.47 Å². The summed E-state index contributed by atoms with van der Waals surface area (Å²) in [6.07, 6.45) is 0. The monoisotopic (exact) mass is 413 g/mol. The topological polar surface area (TPSA) is 115 Å². The van der Waals surface area contributed by atoms with Gasteiger partial charge < -0.3 is 9.47 Å². The third kappa shape index (κ3) is 4.62. The summed E-state index contributed by atoms with van der Waals surface area (Å²) in [7, 11) is 0.302. The number of sulfonamides is 1. The van der Waals surface area contributed by atoms with Gasteiger partial charge in [-0.1, -0.05) is 0 Å². The van der Waals surface area contributed by atoms with Crippen molar-refractivity contribution in [1.82, 2.24) is 9.29 Å². The van der Waals surface area contributed by atoms with Gasteiger partial charge in [-0.3, -0.25) is 10.1 Å². The number of nitrogens with zero attached hydrogens (tertiary/aromatic N) is 2. The van der Waals surface area contributed by atoms with Crippen LogP contribution in [0, 0.1) is 0 Å². The summed E-state index contributed by atoms with van der Waals surface area (Å²) in [5.41, 5.74) is 0.187. The predicted molar refractivity (Wildman–Crippen MR) is 99.9 cm³/mol. The van der Waals surface area contributed by atoms with E-state index in [-0.39, 0.29) is 33.6 Å². The summed E-state index contributed by atoms with van der Waals surface area (Å²) in [5, 5.41) is 4.18. The molecule has 1 heterocycles. The van der Waals surface area contributed by atoms with Crippen molar-refractivity contribution in [1.29, 1.82) is 0 Å². The number of anilines is 1. The summed E-state index contributed by atoms with van der Waals surface area (Å²) in [5.74, 6) is -1.03. The lowest BCUT2D eigenvalue weighted by Gasteiger charge is -2.15. The second kappa shape index (κ2) is 8.46. The van der Waals surface area contributed by atoms with E-state index in [1.165, 1.54) is 44.8 Å². The van der Waals surface area contributed by atoms with Gasteiger partial charge in [-0.25, -0.2) is 22.5 Å². The number of thiazole rings is 1. The number of carbonyl (C=O) groups is 2. The second-order valence-electron chi connectivity index (χ2n) is 5.37. The lowest BCUT2D eigenvalue weighted by atomic mass is 10.2. The molecule has 0 atom stereocenters. The molecule has 0 saturated carbocycles. The number of ether oxygens (including phenoxy) is 2. The molecule has 11 heteroatoms. The van der Waals surface area contributed by atoms with E-state index in [2.05, 4.69) is 10.3 Å². The zero-order chi connectivity index (χ0) is 20.2. The Kier molecular flexibility index (Phi) is 6.52. The fourth-order valence-corrected chi connectivity index (χ4v) is 3.77. The number of amides is 1. The van der Waals surface area contributed by atoms with Gasteiger partial charge in [-0.15, -0.1) is 11.3 Å². The van der Waals surface area contributed by atoms with E-state index in [1.807, 2.05) is 0 Å². The Bertz CT molecular complexity index is 953. The minimum atomic E-state index is -3.81. The summed E-state index contributed by atoms with van der Waals surface area (Å²) < 4.78 is 35.8. The summed E-state index contributed by atoms with van der Waals surface area (Å²) in [6, 6.07) is 4.06. The molecule has 1 aromatic heterocycles. The van der Waals surface area contributed by atoms with Crippen LogP contribution >= 0.6 is 11.3 Å². The van der Waals surface area contributed by atoms with Crippen LogP contribution in [-0.2, 0) is 14.8 Å². The van der Waals surface area contributed by atoms with Gasteiger partial charge in [0.1, 0.15) is 10.6 Å². The van der Waals surface area contributed by atoms with Crippen molar-refractivity contribution in [2.45, 2.75) is 11.8 Å². The van der Waals surface area contributed by atoms with Crippen LogP contribution in [0.5, 0.6) is 5.75 Å². The number of hydrogen-bond donors (Lipinski definition) is 1. The highest BCUT2D eigenvalue weighted by Crippen LogP contribution is 2.27. The molecule has 0 saturated heterocycles. The average molecular weight is 413 g/mol. The number of aromatic nitrogens is 1. The maximum Gasteiger partial charge on any atom is 0.357 e. The molecular formula is C16H19N3O6S2. The van der Waals surface area contributed by atoms with Gasteiger partial charge in [0.15, 0.2) is 10.8 Å². The number of carbonyl (C=O) groups excluding carboxylic acids is 2. The lowest BCUT2D eigenvalue weighted by Crippen LogP contribution is -2.23. The second-order valence-corrected chi connectivity index (χ2v) is 8.34. The Morgan fingerprint density at radius 1 is 1.30 bits per heavy atom. The van der Waals surface area contributed by atoms with Gasteiger partial charge in [0.05, 0.1) is 13.7 Å². The normalized spacial score (nSPS) is 11.3. The molecule has 0 unspecified atom stereocenters. The van der Waals surface area contributed by atoms with Crippen molar-refractivity contribution < 1.29 is 27.5 Å². The molecule has 1 N–H and O–H groups in total. The van der Waals surface area contributed by atoms with Crippen molar-refractivity contribution in [3.63, 3.8) is 0 Å². The molecule has 2 rings (SSSR count). The Hall–Kier alpha value is -2.50. The maximum absolute atomic E-state index is 12.5. The molecule has 146 valence electrons. The van der Waals surface area contributed by atoms with Crippen molar-refractivity contribution >= 4 is 38.4 Å². The van der Waals surface area contributed by atoms with E-state index in [1.54, 1.807) is 6.92 Å². The number of rotatable bonds is 7. The molecule has 0 aliphatic carbocycles. The fraction of sp³-hybridized carbons (Fsp3) is 0.312. The number of nitrogens with one attached hydrogen (secondary N) is 1. The summed E-state index contributed by atoms with van der Waals surface area (Å²) >= 11 is 1.05. The van der Waals surface area contributed by atoms with Crippen LogP contribution in [0.15, 0.2) is 28.5 Å². The number of methoxy groups -OCH3 is 1. The smallest absolute Gasteiger partial charge is 0.357 e. The molecule has 0 spiro atoms. The fourth-order valence-electron chi connectivity index (χ4n) is 2.02. The van der Waals surface area contributed by atoms with E-state index in [0.717, 1.165) is 15.6 Å². The first-order valence-corrected chi connectivity index (χ1v) is 10.1. The van der Waals surface area contributed by atoms with Gasteiger partial charge in [0.25, 0.3) is 5.91 Å². The Morgan fingerprint density at radius 3 is 2.59 bits per heavy atom. The van der Waals surface area contributed by atoms with Crippen LogP contribution in [-0.4, -0.2) is 57.4 Å². The van der Waals surface area contributed by atoms with Crippen LogP contribution in [0.1, 0.15) is 27.8 Å². The first-order chi connectivity index (χ1) is 12.7. The molecule has 0 radical (unpaired) electrons. The van der Waals surface area contributed by atoms with Gasteiger partial charge in [0.2, 0.25) is 10.0 Å². The first kappa shape index (κ1) is 20.8. The standard InChI is InChI=1S/C16H19N3O6S2/c1-5-25-15(21)11-9-26-16(17-11)18-14(20)10-6-7-12(24-4)13(8-10)27(22,23)19(2)3/h6-9H,5H2,1-4H3,(H,17,18,20). The highest BCUT2D eigenvalue weighted by Gasteiger charge is 2.24. The predicted octanol–water partition coefficient (Wildman–Crippen LogP) is 1.83. The maximum atomic E-state index is 12.5. The molecule has 0 fully saturated rings. The third-order valence-corrected chi connectivity index (χ3v) is 5.99. The van der Waals surface area contributed by atoms with Crippen LogP contribution in [0.3, 0.4) is 0 Å². The van der Waals surface area contributed by atoms with Crippen LogP contribution in [0.25, 0.3) is 0 Å². The Morgan fingerprint density at radius 2 is 2.00 bits per heavy atom. The molecule has 9 nitrogen and oxygen atoms in total. The van der Waals surface area contributed by atoms with Gasteiger partial charge in [-0.2, -0.15) is 0 Å².